The van der Waals surface area contributed by atoms with Crippen LogP contribution in [0.15, 0.2) is 30.3 Å². The lowest BCUT2D eigenvalue weighted by atomic mass is 10.1. The van der Waals surface area contributed by atoms with Crippen LogP contribution in [0.3, 0.4) is 0 Å². The maximum atomic E-state index is 11.5. The van der Waals surface area contributed by atoms with Gasteiger partial charge in [0, 0.05) is 13.2 Å². The van der Waals surface area contributed by atoms with Gasteiger partial charge in [-0.25, -0.2) is 0 Å². The number of aliphatic hydroxyl groups excluding tert-OH is 1. The van der Waals surface area contributed by atoms with E-state index in [0.717, 1.165) is 5.56 Å². The fourth-order valence-corrected chi connectivity index (χ4v) is 1.38. The second kappa shape index (κ2) is 6.98. The minimum atomic E-state index is -0.527. The fourth-order valence-electron chi connectivity index (χ4n) is 1.38. The molecule has 0 aliphatic heterocycles. The molecule has 1 aromatic carbocycles. The van der Waals surface area contributed by atoms with Crippen LogP contribution >= 0.6 is 0 Å². The van der Waals surface area contributed by atoms with Gasteiger partial charge in [0.15, 0.2) is 0 Å². The van der Waals surface area contributed by atoms with E-state index < -0.39 is 6.04 Å². The van der Waals surface area contributed by atoms with Gasteiger partial charge in [-0.2, -0.15) is 0 Å². The van der Waals surface area contributed by atoms with E-state index in [1.54, 1.807) is 0 Å². The number of rotatable bonds is 6. The fraction of sp³-hybridized carbons (Fsp3) is 0.417. The molecule has 0 spiro atoms. The summed E-state index contributed by atoms with van der Waals surface area (Å²) in [5.41, 5.74) is 6.81. The van der Waals surface area contributed by atoms with Gasteiger partial charge in [-0.1, -0.05) is 30.3 Å². The lowest BCUT2D eigenvalue weighted by molar-refractivity contribution is -0.122. The zero-order valence-corrected chi connectivity index (χ0v) is 9.23. The molecule has 0 fully saturated rings. The van der Waals surface area contributed by atoms with E-state index in [9.17, 15) is 4.79 Å². The maximum absolute atomic E-state index is 11.5. The number of benzene rings is 1. The molecule has 0 saturated carbocycles. The number of amides is 1. The molecule has 0 aliphatic rings. The Bertz CT molecular complexity index is 314. The van der Waals surface area contributed by atoms with E-state index in [4.69, 9.17) is 10.8 Å². The summed E-state index contributed by atoms with van der Waals surface area (Å²) in [6.07, 6.45) is 1.09. The van der Waals surface area contributed by atoms with Crippen molar-refractivity contribution in [1.82, 2.24) is 5.32 Å². The highest BCUT2D eigenvalue weighted by Gasteiger charge is 2.12. The third-order valence-corrected chi connectivity index (χ3v) is 2.27. The normalized spacial score (nSPS) is 12.1. The minimum absolute atomic E-state index is 0.0776. The summed E-state index contributed by atoms with van der Waals surface area (Å²) in [6, 6.07) is 9.14. The Morgan fingerprint density at radius 2 is 2.06 bits per heavy atom. The molecule has 1 atom stereocenters. The first kappa shape index (κ1) is 12.7. The third kappa shape index (κ3) is 4.42. The molecule has 0 aliphatic carbocycles. The van der Waals surface area contributed by atoms with E-state index >= 15 is 0 Å². The van der Waals surface area contributed by atoms with Crippen LogP contribution in [-0.4, -0.2) is 30.2 Å². The summed E-state index contributed by atoms with van der Waals surface area (Å²) in [4.78, 5) is 11.5. The first-order valence-corrected chi connectivity index (χ1v) is 5.42. The smallest absolute Gasteiger partial charge is 0.237 e. The van der Waals surface area contributed by atoms with Gasteiger partial charge >= 0.3 is 0 Å². The summed E-state index contributed by atoms with van der Waals surface area (Å²) in [5.74, 6) is -0.169. The van der Waals surface area contributed by atoms with Crippen molar-refractivity contribution in [3.05, 3.63) is 35.9 Å². The molecule has 0 aromatic heterocycles. The van der Waals surface area contributed by atoms with Crippen LogP contribution in [0.4, 0.5) is 0 Å². The van der Waals surface area contributed by atoms with Crippen LogP contribution in [0.1, 0.15) is 12.0 Å². The highest BCUT2D eigenvalue weighted by Crippen LogP contribution is 2.01. The Labute approximate surface area is 95.5 Å². The van der Waals surface area contributed by atoms with Crippen molar-refractivity contribution in [3.8, 4) is 0 Å². The molecule has 4 heteroatoms. The number of hydrogen-bond donors (Lipinski definition) is 3. The molecule has 0 heterocycles. The maximum Gasteiger partial charge on any atom is 0.237 e. The first-order chi connectivity index (χ1) is 7.74. The van der Waals surface area contributed by atoms with E-state index in [-0.39, 0.29) is 12.5 Å². The van der Waals surface area contributed by atoms with Crippen molar-refractivity contribution in [2.24, 2.45) is 5.73 Å². The minimum Gasteiger partial charge on any atom is -0.396 e. The highest BCUT2D eigenvalue weighted by atomic mass is 16.3. The molecular weight excluding hydrogens is 204 g/mol. The Kier molecular flexibility index (Phi) is 5.53. The van der Waals surface area contributed by atoms with Gasteiger partial charge in [0.1, 0.15) is 0 Å². The van der Waals surface area contributed by atoms with E-state index in [1.165, 1.54) is 0 Å². The van der Waals surface area contributed by atoms with E-state index in [0.29, 0.717) is 19.4 Å². The molecule has 1 rings (SSSR count). The molecular formula is C12H18N2O2. The average molecular weight is 222 g/mol. The van der Waals surface area contributed by atoms with Crippen LogP contribution in [0, 0.1) is 0 Å². The number of carbonyl (C=O) groups is 1. The molecule has 88 valence electrons. The average Bonchev–Trinajstić information content (AvgIpc) is 2.30. The first-order valence-electron chi connectivity index (χ1n) is 5.42. The largest absolute Gasteiger partial charge is 0.396 e. The standard InChI is InChI=1S/C12H18N2O2/c13-11(12(16)14-7-4-8-15)9-10-5-2-1-3-6-10/h1-3,5-6,11,15H,4,7-9,13H2,(H,14,16). The predicted molar refractivity (Wildman–Crippen MR) is 62.8 cm³/mol. The second-order valence-electron chi connectivity index (χ2n) is 3.66. The third-order valence-electron chi connectivity index (χ3n) is 2.27. The molecule has 0 radical (unpaired) electrons. The molecule has 16 heavy (non-hydrogen) atoms. The highest BCUT2D eigenvalue weighted by molar-refractivity contribution is 5.81. The van der Waals surface area contributed by atoms with Gasteiger partial charge in [-0.15, -0.1) is 0 Å². The summed E-state index contributed by atoms with van der Waals surface area (Å²) < 4.78 is 0. The quantitative estimate of drug-likeness (QED) is 0.596. The molecule has 0 saturated heterocycles. The van der Waals surface area contributed by atoms with Gasteiger partial charge in [0.2, 0.25) is 5.91 Å². The van der Waals surface area contributed by atoms with Crippen LogP contribution in [0.2, 0.25) is 0 Å². The van der Waals surface area contributed by atoms with E-state index in [1.807, 2.05) is 30.3 Å². The number of carbonyl (C=O) groups excluding carboxylic acids is 1. The van der Waals surface area contributed by atoms with Gasteiger partial charge in [0.05, 0.1) is 6.04 Å². The topological polar surface area (TPSA) is 75.4 Å². The Balaban J connectivity index is 2.34. The van der Waals surface area contributed by atoms with Gasteiger partial charge in [-0.05, 0) is 18.4 Å². The van der Waals surface area contributed by atoms with Crippen molar-refractivity contribution in [3.63, 3.8) is 0 Å². The SMILES string of the molecule is NC(Cc1ccccc1)C(=O)NCCCO. The van der Waals surface area contributed by atoms with Crippen molar-refractivity contribution in [1.29, 1.82) is 0 Å². The summed E-state index contributed by atoms with van der Waals surface area (Å²) in [7, 11) is 0. The van der Waals surface area contributed by atoms with Crippen LogP contribution in [0.25, 0.3) is 0 Å². The summed E-state index contributed by atoms with van der Waals surface area (Å²) >= 11 is 0. The molecule has 1 aromatic rings. The monoisotopic (exact) mass is 222 g/mol. The number of nitrogens with two attached hydrogens (primary N) is 1. The van der Waals surface area contributed by atoms with Gasteiger partial charge in [0.25, 0.3) is 0 Å². The molecule has 1 unspecified atom stereocenters. The van der Waals surface area contributed by atoms with Crippen LogP contribution in [-0.2, 0) is 11.2 Å². The Hall–Kier alpha value is -1.39. The van der Waals surface area contributed by atoms with Gasteiger partial charge in [-0.3, -0.25) is 4.79 Å². The molecule has 4 nitrogen and oxygen atoms in total. The number of hydrogen-bond acceptors (Lipinski definition) is 3. The number of aliphatic hydroxyl groups is 1. The molecule has 1 amide bonds. The Morgan fingerprint density at radius 1 is 1.38 bits per heavy atom. The second-order valence-corrected chi connectivity index (χ2v) is 3.66. The van der Waals surface area contributed by atoms with Crippen molar-refractivity contribution < 1.29 is 9.90 Å². The lowest BCUT2D eigenvalue weighted by Crippen LogP contribution is -2.42. The van der Waals surface area contributed by atoms with Crippen LogP contribution < -0.4 is 11.1 Å². The summed E-state index contributed by atoms with van der Waals surface area (Å²) in [6.45, 7) is 0.548. The summed E-state index contributed by atoms with van der Waals surface area (Å²) in [5, 5.41) is 11.3. The van der Waals surface area contributed by atoms with Crippen molar-refractivity contribution >= 4 is 5.91 Å². The van der Waals surface area contributed by atoms with Crippen molar-refractivity contribution in [2.45, 2.75) is 18.9 Å². The molecule has 4 N–H and O–H groups in total. The van der Waals surface area contributed by atoms with Crippen LogP contribution in [0.5, 0.6) is 0 Å². The number of nitrogens with one attached hydrogen (secondary N) is 1. The van der Waals surface area contributed by atoms with E-state index in [2.05, 4.69) is 5.32 Å². The lowest BCUT2D eigenvalue weighted by Gasteiger charge is -2.11. The van der Waals surface area contributed by atoms with Gasteiger partial charge < -0.3 is 16.2 Å². The zero-order chi connectivity index (χ0) is 11.8. The molecule has 0 bridgehead atoms. The van der Waals surface area contributed by atoms with Crippen molar-refractivity contribution in [2.75, 3.05) is 13.2 Å². The predicted octanol–water partition coefficient (Wildman–Crippen LogP) is 0.0550. The zero-order valence-electron chi connectivity index (χ0n) is 9.23. The Morgan fingerprint density at radius 3 is 2.69 bits per heavy atom.